The van der Waals surface area contributed by atoms with Crippen molar-refractivity contribution >= 4 is 40.2 Å². The van der Waals surface area contributed by atoms with E-state index < -0.39 is 5.91 Å². The van der Waals surface area contributed by atoms with Gasteiger partial charge in [0.1, 0.15) is 10.7 Å². The van der Waals surface area contributed by atoms with Gasteiger partial charge in [-0.05, 0) is 38.0 Å². The number of nitrogens with zero attached hydrogens (tertiary/aromatic N) is 2. The Morgan fingerprint density at radius 2 is 2.11 bits per heavy atom. The van der Waals surface area contributed by atoms with Crippen molar-refractivity contribution in [3.05, 3.63) is 54.1 Å². The monoisotopic (exact) mass is 413 g/mol. The molecule has 1 aliphatic rings. The summed E-state index contributed by atoms with van der Waals surface area (Å²) in [5.41, 5.74) is -0.208. The number of carbonyl (C=O) groups excluding carboxylic acids is 1. The summed E-state index contributed by atoms with van der Waals surface area (Å²) in [5.74, 6) is -0.396. The van der Waals surface area contributed by atoms with Crippen molar-refractivity contribution in [1.82, 2.24) is 9.88 Å². The predicted molar refractivity (Wildman–Crippen MR) is 115 cm³/mol. The van der Waals surface area contributed by atoms with Crippen molar-refractivity contribution in [1.29, 1.82) is 5.26 Å². The minimum absolute atomic E-state index is 0.00321. The van der Waals surface area contributed by atoms with Gasteiger partial charge in [-0.3, -0.25) is 14.2 Å². The zero-order valence-electron chi connectivity index (χ0n) is 15.9. The number of carbonyl (C=O) groups is 1. The van der Waals surface area contributed by atoms with Gasteiger partial charge < -0.3 is 5.32 Å². The van der Waals surface area contributed by atoms with E-state index >= 15 is 0 Å². The first-order valence-corrected chi connectivity index (χ1v) is 11.0. The van der Waals surface area contributed by atoms with Gasteiger partial charge in [0.05, 0.1) is 4.53 Å². The highest BCUT2D eigenvalue weighted by molar-refractivity contribution is 7.13. The average Bonchev–Trinajstić information content (AvgIpc) is 3.22. The first kappa shape index (κ1) is 20.3. The summed E-state index contributed by atoms with van der Waals surface area (Å²) < 4.78 is 2.36. The summed E-state index contributed by atoms with van der Waals surface area (Å²) in [6.45, 7) is 5.97. The number of aromatic nitrogens is 1. The van der Waals surface area contributed by atoms with E-state index in [1.54, 1.807) is 17.4 Å². The average molecular weight is 414 g/mol. The minimum atomic E-state index is -0.396. The predicted octanol–water partition coefficient (Wildman–Crippen LogP) is 2.42. The van der Waals surface area contributed by atoms with Crippen LogP contribution in [0.25, 0.3) is 11.6 Å². The maximum absolute atomic E-state index is 12.9. The number of amides is 1. The highest BCUT2D eigenvalue weighted by Gasteiger charge is 2.20. The van der Waals surface area contributed by atoms with E-state index in [1.165, 1.54) is 22.3 Å². The van der Waals surface area contributed by atoms with Gasteiger partial charge in [-0.2, -0.15) is 5.26 Å². The number of nitrogens with one attached hydrogen (secondary N) is 1. The summed E-state index contributed by atoms with van der Waals surface area (Å²) in [6.07, 6.45) is 8.66. The number of hydrogen-bond acceptors (Lipinski definition) is 5. The molecule has 0 saturated heterocycles. The lowest BCUT2D eigenvalue weighted by molar-refractivity contribution is -0.116. The van der Waals surface area contributed by atoms with Crippen LogP contribution in [0.2, 0.25) is 0 Å². The summed E-state index contributed by atoms with van der Waals surface area (Å²) in [6, 6.07) is 6.08. The number of thiazole rings is 1. The van der Waals surface area contributed by atoms with Crippen LogP contribution in [-0.4, -0.2) is 16.5 Å². The quantitative estimate of drug-likeness (QED) is 0.765. The van der Waals surface area contributed by atoms with Gasteiger partial charge in [-0.1, -0.05) is 25.3 Å². The lowest BCUT2D eigenvalue weighted by atomic mass is 9.95. The number of rotatable bonds is 5. The topological polar surface area (TPSA) is 74.9 Å². The van der Waals surface area contributed by atoms with Crippen LogP contribution in [0.5, 0.6) is 0 Å². The smallest absolute Gasteiger partial charge is 0.269 e. The van der Waals surface area contributed by atoms with Gasteiger partial charge in [-0.25, -0.2) is 0 Å². The highest BCUT2D eigenvalue weighted by atomic mass is 32.1. The number of hydrogen-bond donors (Lipinski definition) is 1. The zero-order chi connectivity index (χ0) is 20.1. The lowest BCUT2D eigenvalue weighted by Crippen LogP contribution is -2.39. The Labute approximate surface area is 171 Å². The number of allylic oxidation sites excluding steroid dienone is 1. The van der Waals surface area contributed by atoms with Crippen LogP contribution in [0, 0.1) is 18.3 Å². The number of aryl methyl sites for hydroxylation is 1. The van der Waals surface area contributed by atoms with Gasteiger partial charge in [-0.15, -0.1) is 29.3 Å². The molecule has 146 valence electrons. The second kappa shape index (κ2) is 9.18. The molecule has 1 amide bonds. The van der Waals surface area contributed by atoms with E-state index in [-0.39, 0.29) is 23.7 Å². The molecule has 0 aromatic carbocycles. The van der Waals surface area contributed by atoms with Crippen molar-refractivity contribution in [2.45, 2.75) is 51.6 Å². The first-order valence-electron chi connectivity index (χ1n) is 9.37. The molecular weight excluding hydrogens is 390 g/mol. The molecule has 0 spiro atoms. The molecule has 1 fully saturated rings. The van der Waals surface area contributed by atoms with Crippen LogP contribution in [0.15, 0.2) is 29.6 Å². The van der Waals surface area contributed by atoms with E-state index in [1.807, 2.05) is 31.2 Å². The molecule has 5 nitrogen and oxygen atoms in total. The summed E-state index contributed by atoms with van der Waals surface area (Å²) in [4.78, 5) is 27.8. The zero-order valence-corrected chi connectivity index (χ0v) is 17.5. The van der Waals surface area contributed by atoms with Crippen LogP contribution in [-0.2, 0) is 11.3 Å². The van der Waals surface area contributed by atoms with Gasteiger partial charge >= 0.3 is 0 Å². The van der Waals surface area contributed by atoms with Crippen LogP contribution in [0.3, 0.4) is 0 Å². The van der Waals surface area contributed by atoms with Crippen molar-refractivity contribution in [3.8, 4) is 6.07 Å². The minimum Gasteiger partial charge on any atom is -0.349 e. The molecule has 0 atom stereocenters. The van der Waals surface area contributed by atoms with Gasteiger partial charge in [0.15, 0.2) is 5.57 Å². The van der Waals surface area contributed by atoms with Crippen molar-refractivity contribution < 1.29 is 4.79 Å². The Hall–Kier alpha value is -2.43. The maximum atomic E-state index is 12.9. The summed E-state index contributed by atoms with van der Waals surface area (Å²) in [5, 5.41) is 12.7. The molecule has 1 saturated carbocycles. The molecule has 3 rings (SSSR count). The van der Waals surface area contributed by atoms with Crippen LogP contribution in [0.4, 0.5) is 0 Å². The van der Waals surface area contributed by atoms with Crippen LogP contribution >= 0.6 is 22.7 Å². The van der Waals surface area contributed by atoms with Gasteiger partial charge in [0, 0.05) is 22.3 Å². The molecule has 7 heteroatoms. The molecule has 28 heavy (non-hydrogen) atoms. The van der Waals surface area contributed by atoms with E-state index in [2.05, 4.69) is 11.9 Å². The molecular formula is C21H23N3O2S2. The Balaban J connectivity index is 2.09. The Kier molecular flexibility index (Phi) is 6.65. The van der Waals surface area contributed by atoms with Gasteiger partial charge in [0.25, 0.3) is 11.5 Å². The summed E-state index contributed by atoms with van der Waals surface area (Å²) >= 11 is 2.78. The van der Waals surface area contributed by atoms with E-state index in [9.17, 15) is 14.9 Å². The summed E-state index contributed by atoms with van der Waals surface area (Å²) in [7, 11) is 0. The van der Waals surface area contributed by atoms with Crippen molar-refractivity contribution in [3.63, 3.8) is 0 Å². The molecule has 1 aliphatic carbocycles. The normalized spacial score (nSPS) is 16.5. The molecule has 1 N–H and O–H groups in total. The van der Waals surface area contributed by atoms with E-state index in [4.69, 9.17) is 0 Å². The van der Waals surface area contributed by atoms with E-state index in [0.717, 1.165) is 35.4 Å². The fourth-order valence-electron chi connectivity index (χ4n) is 3.36. The third kappa shape index (κ3) is 4.51. The maximum Gasteiger partial charge on any atom is 0.269 e. The number of nitriles is 1. The molecule has 0 aliphatic heterocycles. The second-order valence-corrected chi connectivity index (χ2v) is 9.21. The number of thiophene rings is 1. The second-order valence-electron chi connectivity index (χ2n) is 6.86. The Bertz CT molecular complexity index is 1090. The van der Waals surface area contributed by atoms with Crippen molar-refractivity contribution in [2.24, 2.45) is 0 Å². The molecule has 0 radical (unpaired) electrons. The standard InChI is InChI=1S/C21H23N3O2S2/c1-3-11-24-20(26)18(12-16-10-9-14(2)27-16)28-21(24)17(13-22)19(25)23-15-7-5-4-6-8-15/h3,9-10,12,15H,1,4-8,11H2,2H3,(H,23,25). The molecule has 2 heterocycles. The molecule has 2 aromatic rings. The van der Waals surface area contributed by atoms with Gasteiger partial charge in [0.2, 0.25) is 0 Å². The Morgan fingerprint density at radius 1 is 1.36 bits per heavy atom. The van der Waals surface area contributed by atoms with Crippen LogP contribution < -0.4 is 20.1 Å². The third-order valence-electron chi connectivity index (χ3n) is 4.75. The third-order valence-corrected chi connectivity index (χ3v) is 6.82. The SMILES string of the molecule is C=CCn1c(=C(C#N)C(=O)NC2CCCCC2)sc(=Cc2ccc(C)s2)c1=O. The van der Waals surface area contributed by atoms with E-state index in [0.29, 0.717) is 9.20 Å². The lowest BCUT2D eigenvalue weighted by Gasteiger charge is -2.22. The highest BCUT2D eigenvalue weighted by Crippen LogP contribution is 2.18. The first-order chi connectivity index (χ1) is 13.5. The Morgan fingerprint density at radius 3 is 2.71 bits per heavy atom. The molecule has 2 aromatic heterocycles. The van der Waals surface area contributed by atoms with Crippen molar-refractivity contribution in [2.75, 3.05) is 0 Å². The molecule has 0 unspecified atom stereocenters. The fourth-order valence-corrected chi connectivity index (χ4v) is 5.36. The molecule has 0 bridgehead atoms. The fraction of sp³-hybridized carbons (Fsp3) is 0.381. The largest absolute Gasteiger partial charge is 0.349 e. The van der Waals surface area contributed by atoms with Crippen LogP contribution in [0.1, 0.15) is 41.9 Å².